The zero-order chi connectivity index (χ0) is 6.41. The molecule has 0 aromatic heterocycles. The molecule has 1 radical (unpaired) electrons. The van der Waals surface area contributed by atoms with Crippen LogP contribution in [0, 0.1) is 6.92 Å². The Morgan fingerprint density at radius 2 is 2.25 bits per heavy atom. The van der Waals surface area contributed by atoms with Crippen molar-refractivity contribution in [2.45, 2.75) is 38.8 Å². The van der Waals surface area contributed by atoms with E-state index in [1.54, 1.807) is 0 Å². The van der Waals surface area contributed by atoms with E-state index in [1.807, 2.05) is 6.92 Å². The van der Waals surface area contributed by atoms with Gasteiger partial charge in [-0.15, -0.1) is 0 Å². The Bertz CT molecular complexity index is 43.7. The molecular formula is C7H14F. The Kier molecular flexibility index (Phi) is 5.03. The minimum Gasteiger partial charge on any atom is -0.248 e. The maximum atomic E-state index is 12.3. The minimum atomic E-state index is -0.586. The Hall–Kier alpha value is -0.0700. The Balaban J connectivity index is 2.86. The third kappa shape index (κ3) is 4.10. The molecule has 49 valence electrons. The Morgan fingerprint density at radius 3 is 2.62 bits per heavy atom. The molecule has 0 aliphatic rings. The van der Waals surface area contributed by atoms with Gasteiger partial charge < -0.3 is 0 Å². The fourth-order valence-electron chi connectivity index (χ4n) is 0.570. The maximum absolute atomic E-state index is 12.3. The molecule has 0 saturated carbocycles. The summed E-state index contributed by atoms with van der Waals surface area (Å²) in [7, 11) is 0. The highest BCUT2D eigenvalue weighted by Gasteiger charge is 1.99. The van der Waals surface area contributed by atoms with Crippen LogP contribution in [0.15, 0.2) is 0 Å². The number of hydrogen-bond acceptors (Lipinski definition) is 0. The van der Waals surface area contributed by atoms with E-state index in [0.717, 1.165) is 12.8 Å². The highest BCUT2D eigenvalue weighted by atomic mass is 19.1. The molecule has 0 amide bonds. The third-order valence-corrected chi connectivity index (χ3v) is 1.21. The van der Waals surface area contributed by atoms with Crippen molar-refractivity contribution >= 4 is 0 Å². The van der Waals surface area contributed by atoms with Crippen LogP contribution in [0.4, 0.5) is 4.39 Å². The quantitative estimate of drug-likeness (QED) is 0.531. The molecule has 0 heterocycles. The van der Waals surface area contributed by atoms with Crippen molar-refractivity contribution in [2.75, 3.05) is 0 Å². The molecule has 0 aliphatic carbocycles. The zero-order valence-corrected chi connectivity index (χ0v) is 5.49. The summed E-state index contributed by atoms with van der Waals surface area (Å²) in [6, 6.07) is 0. The second-order valence-corrected chi connectivity index (χ2v) is 2.00. The van der Waals surface area contributed by atoms with Crippen LogP contribution in [0.2, 0.25) is 0 Å². The summed E-state index contributed by atoms with van der Waals surface area (Å²) in [6.45, 7) is 5.49. The summed E-state index contributed by atoms with van der Waals surface area (Å²) in [6.07, 6.45) is 2.55. The summed E-state index contributed by atoms with van der Waals surface area (Å²) in [4.78, 5) is 0. The van der Waals surface area contributed by atoms with Crippen molar-refractivity contribution in [1.82, 2.24) is 0 Å². The van der Waals surface area contributed by atoms with Gasteiger partial charge in [0, 0.05) is 0 Å². The summed E-state index contributed by atoms with van der Waals surface area (Å²) in [5, 5.41) is 0. The number of unbranched alkanes of at least 4 members (excludes halogenated alkanes) is 1. The lowest BCUT2D eigenvalue weighted by molar-refractivity contribution is 0.300. The molecule has 0 aromatic rings. The van der Waals surface area contributed by atoms with Crippen molar-refractivity contribution in [3.63, 3.8) is 0 Å². The molecule has 0 rings (SSSR count). The summed E-state index contributed by atoms with van der Waals surface area (Å²) in [5.41, 5.74) is 0. The Morgan fingerprint density at radius 1 is 1.62 bits per heavy atom. The van der Waals surface area contributed by atoms with Gasteiger partial charge in [-0.1, -0.05) is 26.7 Å². The molecular weight excluding hydrogens is 103 g/mol. The van der Waals surface area contributed by atoms with Gasteiger partial charge in [-0.25, -0.2) is 4.39 Å². The van der Waals surface area contributed by atoms with E-state index in [-0.39, 0.29) is 0 Å². The lowest BCUT2D eigenvalue weighted by Crippen LogP contribution is -1.95. The highest BCUT2D eigenvalue weighted by Crippen LogP contribution is 2.06. The van der Waals surface area contributed by atoms with Crippen LogP contribution >= 0.6 is 0 Å². The van der Waals surface area contributed by atoms with Gasteiger partial charge in [0.05, 0.1) is 6.17 Å². The van der Waals surface area contributed by atoms with Gasteiger partial charge in [-0.3, -0.25) is 0 Å². The average Bonchev–Trinajstić information content (AvgIpc) is 1.83. The SMILES string of the molecule is [CH2]CCC[C@@H](F)CC. The first-order chi connectivity index (χ1) is 3.81. The van der Waals surface area contributed by atoms with Crippen LogP contribution in [0.1, 0.15) is 32.6 Å². The number of halogens is 1. The first-order valence-electron chi connectivity index (χ1n) is 3.24. The second-order valence-electron chi connectivity index (χ2n) is 2.00. The van der Waals surface area contributed by atoms with E-state index in [2.05, 4.69) is 6.92 Å². The number of rotatable bonds is 4. The lowest BCUT2D eigenvalue weighted by atomic mass is 10.1. The van der Waals surface area contributed by atoms with Gasteiger partial charge in [-0.05, 0) is 12.8 Å². The van der Waals surface area contributed by atoms with Gasteiger partial charge in [0.2, 0.25) is 0 Å². The van der Waals surface area contributed by atoms with Crippen LogP contribution < -0.4 is 0 Å². The molecule has 0 bridgehead atoms. The van der Waals surface area contributed by atoms with Gasteiger partial charge in [0.15, 0.2) is 0 Å². The molecule has 0 unspecified atom stereocenters. The van der Waals surface area contributed by atoms with Crippen LogP contribution in [-0.4, -0.2) is 6.17 Å². The summed E-state index contributed by atoms with van der Waals surface area (Å²) in [5.74, 6) is 0. The van der Waals surface area contributed by atoms with Crippen LogP contribution in [0.3, 0.4) is 0 Å². The van der Waals surface area contributed by atoms with Gasteiger partial charge >= 0.3 is 0 Å². The third-order valence-electron chi connectivity index (χ3n) is 1.21. The molecule has 8 heavy (non-hydrogen) atoms. The van der Waals surface area contributed by atoms with E-state index in [4.69, 9.17) is 0 Å². The molecule has 0 aliphatic heterocycles. The Labute approximate surface area is 51.1 Å². The van der Waals surface area contributed by atoms with Gasteiger partial charge in [-0.2, -0.15) is 0 Å². The molecule has 0 nitrogen and oxygen atoms in total. The smallest absolute Gasteiger partial charge is 0.0999 e. The van der Waals surface area contributed by atoms with Crippen molar-refractivity contribution < 1.29 is 4.39 Å². The standard InChI is InChI=1S/C7H14F/c1-3-5-6-7(8)4-2/h7H,1,3-6H2,2H3/t7-/m0/s1. The fourth-order valence-corrected chi connectivity index (χ4v) is 0.570. The average molecular weight is 117 g/mol. The minimum absolute atomic E-state index is 0.586. The summed E-state index contributed by atoms with van der Waals surface area (Å²) < 4.78 is 12.3. The van der Waals surface area contributed by atoms with E-state index >= 15 is 0 Å². The second kappa shape index (κ2) is 5.07. The van der Waals surface area contributed by atoms with Crippen LogP contribution in [0.25, 0.3) is 0 Å². The van der Waals surface area contributed by atoms with Gasteiger partial charge in [0.1, 0.15) is 0 Å². The molecule has 1 heteroatoms. The topological polar surface area (TPSA) is 0 Å². The predicted molar refractivity (Wildman–Crippen MR) is 34.4 cm³/mol. The maximum Gasteiger partial charge on any atom is 0.0999 e. The highest BCUT2D eigenvalue weighted by molar-refractivity contribution is 4.52. The van der Waals surface area contributed by atoms with Crippen molar-refractivity contribution in [2.24, 2.45) is 0 Å². The normalized spacial score (nSPS) is 13.9. The van der Waals surface area contributed by atoms with Crippen LogP contribution in [-0.2, 0) is 0 Å². The number of alkyl halides is 1. The van der Waals surface area contributed by atoms with Crippen molar-refractivity contribution in [1.29, 1.82) is 0 Å². The molecule has 0 saturated heterocycles. The van der Waals surface area contributed by atoms with E-state index in [0.29, 0.717) is 12.8 Å². The van der Waals surface area contributed by atoms with Crippen molar-refractivity contribution in [3.8, 4) is 0 Å². The zero-order valence-electron chi connectivity index (χ0n) is 5.49. The molecule has 0 fully saturated rings. The number of hydrogen-bond donors (Lipinski definition) is 0. The molecule has 0 N–H and O–H groups in total. The van der Waals surface area contributed by atoms with E-state index < -0.39 is 6.17 Å². The van der Waals surface area contributed by atoms with E-state index in [1.165, 1.54) is 0 Å². The fraction of sp³-hybridized carbons (Fsp3) is 0.857. The van der Waals surface area contributed by atoms with E-state index in [9.17, 15) is 4.39 Å². The monoisotopic (exact) mass is 117 g/mol. The van der Waals surface area contributed by atoms with Gasteiger partial charge in [0.25, 0.3) is 0 Å². The lowest BCUT2D eigenvalue weighted by Gasteiger charge is -2.00. The summed E-state index contributed by atoms with van der Waals surface area (Å²) >= 11 is 0. The largest absolute Gasteiger partial charge is 0.248 e. The molecule has 0 spiro atoms. The molecule has 0 aromatic carbocycles. The first kappa shape index (κ1) is 7.93. The van der Waals surface area contributed by atoms with Crippen LogP contribution in [0.5, 0.6) is 0 Å². The first-order valence-corrected chi connectivity index (χ1v) is 3.24. The van der Waals surface area contributed by atoms with Crippen molar-refractivity contribution in [3.05, 3.63) is 6.92 Å². The molecule has 1 atom stereocenters. The predicted octanol–water partition coefficient (Wildman–Crippen LogP) is 2.74.